The van der Waals surface area contributed by atoms with Crippen LogP contribution in [-0.2, 0) is 0 Å². The third kappa shape index (κ3) is 2.77. The van der Waals surface area contributed by atoms with E-state index >= 15 is 0 Å². The molecular weight excluding hydrogens is 337 g/mol. The molecule has 2 heterocycles. The minimum absolute atomic E-state index is 0.306. The van der Waals surface area contributed by atoms with Gasteiger partial charge in [-0.25, -0.2) is 13.9 Å². The van der Waals surface area contributed by atoms with E-state index in [-0.39, 0.29) is 17.4 Å². The van der Waals surface area contributed by atoms with Crippen molar-refractivity contribution < 1.29 is 9.18 Å². The molecule has 130 valence electrons. The van der Waals surface area contributed by atoms with E-state index in [1.165, 1.54) is 18.3 Å². The number of nitrogens with one attached hydrogen (secondary N) is 3. The number of imidazole rings is 1. The van der Waals surface area contributed by atoms with Crippen LogP contribution in [0, 0.1) is 12.7 Å². The normalized spacial score (nSPS) is 11.0. The highest BCUT2D eigenvalue weighted by atomic mass is 19.1. The van der Waals surface area contributed by atoms with Crippen molar-refractivity contribution >= 4 is 22.6 Å². The summed E-state index contributed by atoms with van der Waals surface area (Å²) in [6.45, 7) is 1.76. The Hall–Kier alpha value is -3.68. The summed E-state index contributed by atoms with van der Waals surface area (Å²) in [6.07, 6.45) is 1.46. The van der Waals surface area contributed by atoms with Crippen LogP contribution in [-0.4, -0.2) is 25.7 Å². The summed E-state index contributed by atoms with van der Waals surface area (Å²) in [6, 6.07) is 10.9. The first-order valence-corrected chi connectivity index (χ1v) is 7.85. The second kappa shape index (κ2) is 5.99. The van der Waals surface area contributed by atoms with E-state index in [1.54, 1.807) is 41.9 Å². The fraction of sp³-hybridized carbons (Fsp3) is 0.0556. The number of amides is 1. The second-order valence-electron chi connectivity index (χ2n) is 5.83. The van der Waals surface area contributed by atoms with Gasteiger partial charge in [0.15, 0.2) is 0 Å². The molecular formula is C18H14FN5O2. The van der Waals surface area contributed by atoms with Crippen molar-refractivity contribution in [2.45, 2.75) is 6.92 Å². The summed E-state index contributed by atoms with van der Waals surface area (Å²) in [4.78, 5) is 29.2. The number of nitrogens with zero attached hydrogens (tertiary/aromatic N) is 2. The van der Waals surface area contributed by atoms with Gasteiger partial charge in [0.1, 0.15) is 5.82 Å². The van der Waals surface area contributed by atoms with Crippen LogP contribution in [0.5, 0.6) is 0 Å². The standard InChI is InChI=1S/C18H14FN5O2/c1-10-14(9-20-24(10)13-5-2-11(19)3-6-13)17(25)21-12-4-7-15-16(8-12)23-18(26)22-15/h2-9H,1H3,(H,21,25)(H2,22,23,26). The highest BCUT2D eigenvalue weighted by molar-refractivity contribution is 6.05. The van der Waals surface area contributed by atoms with Crippen LogP contribution in [0.25, 0.3) is 16.7 Å². The summed E-state index contributed by atoms with van der Waals surface area (Å²) in [5.41, 5.74) is 3.20. The SMILES string of the molecule is Cc1c(C(=O)Nc2ccc3[nH]c(=O)[nH]c3c2)cnn1-c1ccc(F)cc1. The lowest BCUT2D eigenvalue weighted by Gasteiger charge is -2.07. The first kappa shape index (κ1) is 15.8. The first-order chi connectivity index (χ1) is 12.5. The van der Waals surface area contributed by atoms with Gasteiger partial charge in [-0.05, 0) is 49.4 Å². The molecule has 0 fully saturated rings. The van der Waals surface area contributed by atoms with E-state index in [0.717, 1.165) is 0 Å². The molecule has 4 aromatic rings. The van der Waals surface area contributed by atoms with Gasteiger partial charge in [-0.3, -0.25) is 4.79 Å². The van der Waals surface area contributed by atoms with Crippen molar-refractivity contribution in [1.82, 2.24) is 19.7 Å². The van der Waals surface area contributed by atoms with Gasteiger partial charge in [0.2, 0.25) is 0 Å². The fourth-order valence-corrected chi connectivity index (χ4v) is 2.78. The molecule has 2 aromatic carbocycles. The number of rotatable bonds is 3. The lowest BCUT2D eigenvalue weighted by Crippen LogP contribution is -2.13. The zero-order valence-corrected chi connectivity index (χ0v) is 13.7. The van der Waals surface area contributed by atoms with Crippen molar-refractivity contribution in [1.29, 1.82) is 0 Å². The lowest BCUT2D eigenvalue weighted by molar-refractivity contribution is 0.102. The minimum atomic E-state index is -0.338. The van der Waals surface area contributed by atoms with Gasteiger partial charge in [0, 0.05) is 5.69 Å². The third-order valence-electron chi connectivity index (χ3n) is 4.10. The Labute approximate surface area is 146 Å². The van der Waals surface area contributed by atoms with Gasteiger partial charge in [0.25, 0.3) is 5.91 Å². The molecule has 0 atom stereocenters. The summed E-state index contributed by atoms with van der Waals surface area (Å²) < 4.78 is 14.6. The van der Waals surface area contributed by atoms with Crippen LogP contribution >= 0.6 is 0 Å². The van der Waals surface area contributed by atoms with Crippen LogP contribution in [0.2, 0.25) is 0 Å². The number of aromatic amines is 2. The molecule has 2 aromatic heterocycles. The maximum atomic E-state index is 13.1. The molecule has 0 aliphatic carbocycles. The van der Waals surface area contributed by atoms with E-state index in [9.17, 15) is 14.0 Å². The molecule has 0 saturated heterocycles. The van der Waals surface area contributed by atoms with Gasteiger partial charge >= 0.3 is 5.69 Å². The predicted molar refractivity (Wildman–Crippen MR) is 95.1 cm³/mol. The van der Waals surface area contributed by atoms with E-state index < -0.39 is 0 Å². The van der Waals surface area contributed by atoms with Crippen LogP contribution in [0.4, 0.5) is 10.1 Å². The molecule has 7 nitrogen and oxygen atoms in total. The van der Waals surface area contributed by atoms with Gasteiger partial charge in [-0.15, -0.1) is 0 Å². The number of carbonyl (C=O) groups is 1. The van der Waals surface area contributed by atoms with Crippen LogP contribution in [0.1, 0.15) is 16.1 Å². The smallest absolute Gasteiger partial charge is 0.322 e. The lowest BCUT2D eigenvalue weighted by atomic mass is 10.2. The first-order valence-electron chi connectivity index (χ1n) is 7.85. The Morgan fingerprint density at radius 2 is 1.85 bits per heavy atom. The third-order valence-corrected chi connectivity index (χ3v) is 4.10. The second-order valence-corrected chi connectivity index (χ2v) is 5.83. The maximum Gasteiger partial charge on any atom is 0.323 e. The highest BCUT2D eigenvalue weighted by Gasteiger charge is 2.15. The fourth-order valence-electron chi connectivity index (χ4n) is 2.78. The quantitative estimate of drug-likeness (QED) is 0.529. The van der Waals surface area contributed by atoms with Crippen molar-refractivity contribution in [2.24, 2.45) is 0 Å². The molecule has 0 radical (unpaired) electrons. The largest absolute Gasteiger partial charge is 0.323 e. The van der Waals surface area contributed by atoms with Crippen molar-refractivity contribution in [3.63, 3.8) is 0 Å². The summed E-state index contributed by atoms with van der Waals surface area (Å²) in [7, 11) is 0. The Kier molecular flexibility index (Phi) is 3.65. The van der Waals surface area contributed by atoms with Crippen molar-refractivity contribution in [3.8, 4) is 5.69 Å². The topological polar surface area (TPSA) is 95.6 Å². The van der Waals surface area contributed by atoms with Crippen LogP contribution in [0.15, 0.2) is 53.5 Å². The van der Waals surface area contributed by atoms with Gasteiger partial charge in [0.05, 0.1) is 34.2 Å². The minimum Gasteiger partial charge on any atom is -0.322 e. The molecule has 4 rings (SSSR count). The zero-order chi connectivity index (χ0) is 18.3. The molecule has 3 N–H and O–H groups in total. The van der Waals surface area contributed by atoms with E-state index in [2.05, 4.69) is 20.4 Å². The molecule has 8 heteroatoms. The monoisotopic (exact) mass is 351 g/mol. The van der Waals surface area contributed by atoms with E-state index in [1.807, 2.05) is 0 Å². The Balaban J connectivity index is 1.61. The van der Waals surface area contributed by atoms with E-state index in [0.29, 0.717) is 33.7 Å². The number of aromatic nitrogens is 4. The molecule has 0 spiro atoms. The number of hydrogen-bond acceptors (Lipinski definition) is 3. The summed E-state index contributed by atoms with van der Waals surface area (Å²) >= 11 is 0. The maximum absolute atomic E-state index is 13.1. The van der Waals surface area contributed by atoms with Crippen LogP contribution in [0.3, 0.4) is 0 Å². The average molecular weight is 351 g/mol. The highest BCUT2D eigenvalue weighted by Crippen LogP contribution is 2.18. The molecule has 1 amide bonds. The summed E-state index contributed by atoms with van der Waals surface area (Å²) in [5, 5.41) is 7.00. The number of H-pyrrole nitrogens is 2. The van der Waals surface area contributed by atoms with Gasteiger partial charge < -0.3 is 15.3 Å². The molecule has 0 bridgehead atoms. The van der Waals surface area contributed by atoms with Crippen molar-refractivity contribution in [3.05, 3.63) is 76.2 Å². The number of hydrogen-bond donors (Lipinski definition) is 3. The van der Waals surface area contributed by atoms with Gasteiger partial charge in [-0.2, -0.15) is 5.10 Å². The van der Waals surface area contributed by atoms with Crippen LogP contribution < -0.4 is 11.0 Å². The summed E-state index contributed by atoms with van der Waals surface area (Å²) in [5.74, 6) is -0.664. The Morgan fingerprint density at radius 3 is 2.62 bits per heavy atom. The average Bonchev–Trinajstić information content (AvgIpc) is 3.17. The van der Waals surface area contributed by atoms with Gasteiger partial charge in [-0.1, -0.05) is 0 Å². The van der Waals surface area contributed by atoms with Crippen molar-refractivity contribution in [2.75, 3.05) is 5.32 Å². The number of anilines is 1. The molecule has 0 aliphatic rings. The Bertz CT molecular complexity index is 1170. The molecule has 0 saturated carbocycles. The number of fused-ring (bicyclic) bond motifs is 1. The molecule has 0 aliphatic heterocycles. The molecule has 26 heavy (non-hydrogen) atoms. The number of benzene rings is 2. The molecule has 0 unspecified atom stereocenters. The Morgan fingerprint density at radius 1 is 1.12 bits per heavy atom. The number of halogens is 1. The zero-order valence-electron chi connectivity index (χ0n) is 13.7. The van der Waals surface area contributed by atoms with E-state index in [4.69, 9.17) is 0 Å². The number of carbonyl (C=O) groups excluding carboxylic acids is 1. The predicted octanol–water partition coefficient (Wildman–Crippen LogP) is 2.74.